The SMILES string of the molecule is CCN1CCC(CN)(Nc2cc(C)ccc2Br)CC1. The molecule has 1 aliphatic heterocycles. The summed E-state index contributed by atoms with van der Waals surface area (Å²) in [6, 6.07) is 6.40. The quantitative estimate of drug-likeness (QED) is 0.894. The van der Waals surface area contributed by atoms with E-state index in [1.165, 1.54) is 5.56 Å². The molecule has 1 aromatic carbocycles. The summed E-state index contributed by atoms with van der Waals surface area (Å²) in [6.45, 7) is 8.42. The zero-order chi connectivity index (χ0) is 13.9. The smallest absolute Gasteiger partial charge is 0.0520 e. The van der Waals surface area contributed by atoms with E-state index in [1.807, 2.05) is 0 Å². The number of nitrogens with one attached hydrogen (secondary N) is 1. The Morgan fingerprint density at radius 1 is 1.37 bits per heavy atom. The first-order valence-corrected chi connectivity index (χ1v) is 7.84. The van der Waals surface area contributed by atoms with Crippen LogP contribution in [0.3, 0.4) is 0 Å². The Hall–Kier alpha value is -0.580. The third kappa shape index (κ3) is 3.50. The normalized spacial score (nSPS) is 19.4. The van der Waals surface area contributed by atoms with Crippen LogP contribution in [-0.4, -0.2) is 36.6 Å². The standard InChI is InChI=1S/C15H24BrN3/c1-3-19-8-6-15(11-17,7-9-19)18-14-10-12(2)4-5-13(14)16/h4-5,10,18H,3,6-9,11,17H2,1-2H3. The minimum atomic E-state index is 0.0436. The summed E-state index contributed by atoms with van der Waals surface area (Å²) >= 11 is 3.62. The molecule has 1 fully saturated rings. The Kier molecular flexibility index (Phi) is 4.87. The molecule has 0 radical (unpaired) electrons. The van der Waals surface area contributed by atoms with E-state index in [1.54, 1.807) is 0 Å². The highest BCUT2D eigenvalue weighted by molar-refractivity contribution is 9.10. The zero-order valence-electron chi connectivity index (χ0n) is 11.9. The lowest BCUT2D eigenvalue weighted by molar-refractivity contribution is 0.184. The van der Waals surface area contributed by atoms with Crippen molar-refractivity contribution in [3.8, 4) is 0 Å². The minimum absolute atomic E-state index is 0.0436. The van der Waals surface area contributed by atoms with Gasteiger partial charge in [0.2, 0.25) is 0 Å². The number of aryl methyl sites for hydroxylation is 1. The Bertz CT molecular complexity index is 425. The van der Waals surface area contributed by atoms with Crippen molar-refractivity contribution < 1.29 is 0 Å². The molecular weight excluding hydrogens is 302 g/mol. The van der Waals surface area contributed by atoms with E-state index in [0.717, 1.165) is 42.6 Å². The number of benzene rings is 1. The monoisotopic (exact) mass is 325 g/mol. The second-order valence-electron chi connectivity index (χ2n) is 5.53. The molecule has 0 amide bonds. The number of anilines is 1. The summed E-state index contributed by atoms with van der Waals surface area (Å²) in [5, 5.41) is 3.70. The van der Waals surface area contributed by atoms with Crippen molar-refractivity contribution in [1.29, 1.82) is 0 Å². The molecule has 0 atom stereocenters. The fourth-order valence-corrected chi connectivity index (χ4v) is 3.04. The van der Waals surface area contributed by atoms with E-state index >= 15 is 0 Å². The average Bonchev–Trinajstić information content (AvgIpc) is 2.44. The minimum Gasteiger partial charge on any atom is -0.377 e. The molecule has 0 spiro atoms. The summed E-state index contributed by atoms with van der Waals surface area (Å²) < 4.78 is 1.11. The predicted molar refractivity (Wildman–Crippen MR) is 85.6 cm³/mol. The number of piperidine rings is 1. The number of nitrogens with zero attached hydrogens (tertiary/aromatic N) is 1. The van der Waals surface area contributed by atoms with Gasteiger partial charge in [-0.1, -0.05) is 13.0 Å². The highest BCUT2D eigenvalue weighted by atomic mass is 79.9. The van der Waals surface area contributed by atoms with Crippen LogP contribution in [0.15, 0.2) is 22.7 Å². The van der Waals surface area contributed by atoms with E-state index in [9.17, 15) is 0 Å². The first-order chi connectivity index (χ1) is 9.08. The number of hydrogen-bond donors (Lipinski definition) is 2. The molecule has 2 rings (SSSR count). The molecule has 106 valence electrons. The van der Waals surface area contributed by atoms with Gasteiger partial charge in [0.25, 0.3) is 0 Å². The maximum absolute atomic E-state index is 6.06. The molecule has 0 saturated carbocycles. The third-order valence-corrected chi connectivity index (χ3v) is 4.86. The molecule has 19 heavy (non-hydrogen) atoms. The Balaban J connectivity index is 2.13. The summed E-state index contributed by atoms with van der Waals surface area (Å²) in [5.74, 6) is 0. The lowest BCUT2D eigenvalue weighted by atomic mass is 9.87. The summed E-state index contributed by atoms with van der Waals surface area (Å²) in [7, 11) is 0. The fraction of sp³-hybridized carbons (Fsp3) is 0.600. The number of rotatable bonds is 4. The molecule has 0 aromatic heterocycles. The lowest BCUT2D eigenvalue weighted by Crippen LogP contribution is -2.53. The maximum atomic E-state index is 6.06. The third-order valence-electron chi connectivity index (χ3n) is 4.17. The van der Waals surface area contributed by atoms with Gasteiger partial charge in [0.05, 0.1) is 5.54 Å². The topological polar surface area (TPSA) is 41.3 Å². The van der Waals surface area contributed by atoms with Gasteiger partial charge in [0.1, 0.15) is 0 Å². The van der Waals surface area contributed by atoms with Crippen molar-refractivity contribution in [1.82, 2.24) is 4.90 Å². The predicted octanol–water partition coefficient (Wildman–Crippen LogP) is 2.98. The average molecular weight is 326 g/mol. The van der Waals surface area contributed by atoms with Crippen molar-refractivity contribution in [2.75, 3.05) is 31.5 Å². The summed E-state index contributed by atoms with van der Waals surface area (Å²) in [4.78, 5) is 2.49. The number of nitrogens with two attached hydrogens (primary N) is 1. The second kappa shape index (κ2) is 6.25. The van der Waals surface area contributed by atoms with Gasteiger partial charge < -0.3 is 16.0 Å². The number of halogens is 1. The Morgan fingerprint density at radius 3 is 2.63 bits per heavy atom. The van der Waals surface area contributed by atoms with E-state index in [-0.39, 0.29) is 5.54 Å². The van der Waals surface area contributed by atoms with Crippen LogP contribution >= 0.6 is 15.9 Å². The van der Waals surface area contributed by atoms with Crippen LogP contribution in [0, 0.1) is 6.92 Å². The van der Waals surface area contributed by atoms with Gasteiger partial charge in [-0.15, -0.1) is 0 Å². The van der Waals surface area contributed by atoms with Gasteiger partial charge in [0, 0.05) is 29.8 Å². The molecule has 1 aliphatic rings. The molecule has 1 saturated heterocycles. The van der Waals surface area contributed by atoms with Crippen LogP contribution in [0.25, 0.3) is 0 Å². The molecule has 4 heteroatoms. The van der Waals surface area contributed by atoms with Crippen LogP contribution in [0.1, 0.15) is 25.3 Å². The van der Waals surface area contributed by atoms with Crippen molar-refractivity contribution in [3.63, 3.8) is 0 Å². The van der Waals surface area contributed by atoms with Crippen LogP contribution in [0.2, 0.25) is 0 Å². The van der Waals surface area contributed by atoms with Crippen LogP contribution in [-0.2, 0) is 0 Å². The molecule has 1 heterocycles. The number of hydrogen-bond acceptors (Lipinski definition) is 3. The highest BCUT2D eigenvalue weighted by Crippen LogP contribution is 2.31. The Labute approximate surface area is 124 Å². The zero-order valence-corrected chi connectivity index (χ0v) is 13.5. The van der Waals surface area contributed by atoms with Crippen LogP contribution in [0.5, 0.6) is 0 Å². The first-order valence-electron chi connectivity index (χ1n) is 7.05. The second-order valence-corrected chi connectivity index (χ2v) is 6.38. The molecule has 0 aliphatic carbocycles. The molecule has 0 bridgehead atoms. The van der Waals surface area contributed by atoms with E-state index < -0.39 is 0 Å². The first kappa shape index (κ1) is 14.8. The highest BCUT2D eigenvalue weighted by Gasteiger charge is 2.33. The summed E-state index contributed by atoms with van der Waals surface area (Å²) in [5.41, 5.74) is 8.54. The van der Waals surface area contributed by atoms with Gasteiger partial charge in [-0.2, -0.15) is 0 Å². The molecule has 1 aromatic rings. The van der Waals surface area contributed by atoms with Crippen LogP contribution in [0.4, 0.5) is 5.69 Å². The van der Waals surface area contributed by atoms with Crippen molar-refractivity contribution in [2.45, 2.75) is 32.2 Å². The fourth-order valence-electron chi connectivity index (χ4n) is 2.70. The molecule has 0 unspecified atom stereocenters. The van der Waals surface area contributed by atoms with E-state index in [4.69, 9.17) is 5.73 Å². The van der Waals surface area contributed by atoms with Crippen LogP contribution < -0.4 is 11.1 Å². The summed E-state index contributed by atoms with van der Waals surface area (Å²) in [6.07, 6.45) is 2.22. The lowest BCUT2D eigenvalue weighted by Gasteiger charge is -2.42. The van der Waals surface area contributed by atoms with Crippen molar-refractivity contribution in [3.05, 3.63) is 28.2 Å². The van der Waals surface area contributed by atoms with E-state index in [0.29, 0.717) is 6.54 Å². The van der Waals surface area contributed by atoms with Gasteiger partial charge in [-0.3, -0.25) is 0 Å². The van der Waals surface area contributed by atoms with E-state index in [2.05, 4.69) is 58.2 Å². The Morgan fingerprint density at radius 2 is 2.05 bits per heavy atom. The molecule has 3 nitrogen and oxygen atoms in total. The molecular formula is C15H24BrN3. The van der Waals surface area contributed by atoms with Gasteiger partial charge in [0.15, 0.2) is 0 Å². The largest absolute Gasteiger partial charge is 0.377 e. The van der Waals surface area contributed by atoms with Gasteiger partial charge in [-0.05, 0) is 59.9 Å². The van der Waals surface area contributed by atoms with Gasteiger partial charge >= 0.3 is 0 Å². The van der Waals surface area contributed by atoms with Gasteiger partial charge in [-0.25, -0.2) is 0 Å². The maximum Gasteiger partial charge on any atom is 0.0520 e. The molecule has 3 N–H and O–H groups in total. The number of likely N-dealkylation sites (tertiary alicyclic amines) is 1. The van der Waals surface area contributed by atoms with Crippen molar-refractivity contribution >= 4 is 21.6 Å². The van der Waals surface area contributed by atoms with Crippen molar-refractivity contribution in [2.24, 2.45) is 5.73 Å².